The summed E-state index contributed by atoms with van der Waals surface area (Å²) in [4.78, 5) is 0.939. The summed E-state index contributed by atoms with van der Waals surface area (Å²) in [5.74, 6) is 0. The Morgan fingerprint density at radius 3 is 2.35 bits per heavy atom. The van der Waals surface area contributed by atoms with Gasteiger partial charge in [-0.25, -0.2) is 0 Å². The van der Waals surface area contributed by atoms with Crippen molar-refractivity contribution in [3.05, 3.63) is 65.7 Å². The number of aliphatic hydroxyl groups is 3. The first-order chi connectivity index (χ1) is 12.6. The van der Waals surface area contributed by atoms with Crippen molar-refractivity contribution in [1.82, 2.24) is 0 Å². The molecule has 26 heavy (non-hydrogen) atoms. The van der Waals surface area contributed by atoms with Gasteiger partial charge in [-0.15, -0.1) is 0 Å². The Bertz CT molecular complexity index is 678. The Balaban J connectivity index is 1.70. The van der Waals surface area contributed by atoms with Gasteiger partial charge in [0.1, 0.15) is 29.9 Å². The molecule has 3 rings (SSSR count). The quantitative estimate of drug-likeness (QED) is 0.717. The van der Waals surface area contributed by atoms with Gasteiger partial charge in [0.25, 0.3) is 0 Å². The summed E-state index contributed by atoms with van der Waals surface area (Å²) in [6.07, 6.45) is -3.78. The van der Waals surface area contributed by atoms with E-state index in [9.17, 15) is 15.3 Å². The third kappa shape index (κ3) is 4.65. The molecule has 0 aromatic heterocycles. The Labute approximate surface area is 157 Å². The molecule has 2 aromatic rings. The standard InChI is InChI=1S/C20H24O5S/c1-13-7-9-15(10-8-13)26-20-18(23)19(17(22)16(11-21)25-20)24-12-14-5-3-2-4-6-14/h2-10,16-23H,11-12H2,1H3/t16-,17-,18-,19+,20+/m1/s1. The van der Waals surface area contributed by atoms with Crippen molar-refractivity contribution in [3.8, 4) is 0 Å². The predicted octanol–water partition coefficient (Wildman–Crippen LogP) is 2.11. The molecule has 1 heterocycles. The molecular formula is C20H24O5S. The average molecular weight is 376 g/mol. The van der Waals surface area contributed by atoms with Crippen LogP contribution in [0.1, 0.15) is 11.1 Å². The summed E-state index contributed by atoms with van der Waals surface area (Å²) in [6.45, 7) is 1.93. The van der Waals surface area contributed by atoms with Crippen LogP contribution in [0.2, 0.25) is 0 Å². The molecule has 1 fully saturated rings. The van der Waals surface area contributed by atoms with Crippen molar-refractivity contribution in [2.75, 3.05) is 6.61 Å². The van der Waals surface area contributed by atoms with Gasteiger partial charge in [-0.2, -0.15) is 0 Å². The molecule has 1 aliphatic rings. The lowest BCUT2D eigenvalue weighted by atomic mass is 10.00. The van der Waals surface area contributed by atoms with Crippen LogP contribution in [0.3, 0.4) is 0 Å². The molecule has 1 saturated heterocycles. The average Bonchev–Trinajstić information content (AvgIpc) is 2.66. The van der Waals surface area contributed by atoms with Gasteiger partial charge in [0.15, 0.2) is 0 Å². The number of thioether (sulfide) groups is 1. The van der Waals surface area contributed by atoms with E-state index in [0.717, 1.165) is 16.0 Å². The zero-order chi connectivity index (χ0) is 18.5. The van der Waals surface area contributed by atoms with Crippen molar-refractivity contribution in [1.29, 1.82) is 0 Å². The SMILES string of the molecule is Cc1ccc(S[C@@H]2O[C@H](CO)[C@@H](O)[C@H](OCc3ccccc3)[C@H]2O)cc1. The largest absolute Gasteiger partial charge is 0.394 e. The fourth-order valence-corrected chi connectivity index (χ4v) is 3.92. The number of benzene rings is 2. The van der Waals surface area contributed by atoms with Gasteiger partial charge in [-0.1, -0.05) is 59.8 Å². The molecule has 5 atom stereocenters. The van der Waals surface area contributed by atoms with Gasteiger partial charge >= 0.3 is 0 Å². The number of aliphatic hydroxyl groups excluding tert-OH is 3. The minimum Gasteiger partial charge on any atom is -0.394 e. The van der Waals surface area contributed by atoms with Crippen LogP contribution >= 0.6 is 11.8 Å². The highest BCUT2D eigenvalue weighted by Crippen LogP contribution is 2.34. The van der Waals surface area contributed by atoms with E-state index in [1.54, 1.807) is 0 Å². The zero-order valence-electron chi connectivity index (χ0n) is 14.6. The maximum absolute atomic E-state index is 10.7. The highest BCUT2D eigenvalue weighted by atomic mass is 32.2. The fourth-order valence-electron chi connectivity index (χ4n) is 2.87. The van der Waals surface area contributed by atoms with Crippen LogP contribution in [0.5, 0.6) is 0 Å². The number of hydrogen-bond acceptors (Lipinski definition) is 6. The van der Waals surface area contributed by atoms with Crippen LogP contribution in [0, 0.1) is 6.92 Å². The van der Waals surface area contributed by atoms with Crippen LogP contribution in [-0.4, -0.2) is 51.8 Å². The van der Waals surface area contributed by atoms with E-state index in [1.807, 2.05) is 61.5 Å². The molecule has 0 saturated carbocycles. The normalized spacial score (nSPS) is 28.8. The number of ether oxygens (including phenoxy) is 2. The first-order valence-electron chi connectivity index (χ1n) is 8.60. The van der Waals surface area contributed by atoms with Gasteiger partial charge in [-0.3, -0.25) is 0 Å². The topological polar surface area (TPSA) is 79.2 Å². The summed E-state index contributed by atoms with van der Waals surface area (Å²) in [5.41, 5.74) is 1.45. The summed E-state index contributed by atoms with van der Waals surface area (Å²) in [5, 5.41) is 30.7. The highest BCUT2D eigenvalue weighted by Gasteiger charge is 2.45. The van der Waals surface area contributed by atoms with Crippen LogP contribution in [0.4, 0.5) is 0 Å². The van der Waals surface area contributed by atoms with Gasteiger partial charge in [0.2, 0.25) is 0 Å². The van der Waals surface area contributed by atoms with Crippen molar-refractivity contribution in [3.63, 3.8) is 0 Å². The van der Waals surface area contributed by atoms with E-state index in [0.29, 0.717) is 0 Å². The Kier molecular flexibility index (Phi) is 6.69. The van der Waals surface area contributed by atoms with E-state index in [4.69, 9.17) is 9.47 Å². The first-order valence-corrected chi connectivity index (χ1v) is 9.48. The van der Waals surface area contributed by atoms with Crippen molar-refractivity contribution in [2.24, 2.45) is 0 Å². The van der Waals surface area contributed by atoms with Crippen molar-refractivity contribution >= 4 is 11.8 Å². The van der Waals surface area contributed by atoms with Crippen molar-refractivity contribution < 1.29 is 24.8 Å². The molecule has 0 bridgehead atoms. The molecule has 6 heteroatoms. The van der Waals surface area contributed by atoms with Crippen LogP contribution in [0.25, 0.3) is 0 Å². The molecule has 5 nitrogen and oxygen atoms in total. The monoisotopic (exact) mass is 376 g/mol. The lowest BCUT2D eigenvalue weighted by molar-refractivity contribution is -0.223. The second kappa shape index (κ2) is 8.99. The van der Waals surface area contributed by atoms with E-state index in [-0.39, 0.29) is 13.2 Å². The minimum absolute atomic E-state index is 0.264. The van der Waals surface area contributed by atoms with Crippen molar-refractivity contribution in [2.45, 2.75) is 48.3 Å². The molecule has 0 spiro atoms. The fraction of sp³-hybridized carbons (Fsp3) is 0.400. The van der Waals surface area contributed by atoms with E-state index < -0.39 is 29.9 Å². The smallest absolute Gasteiger partial charge is 0.136 e. The van der Waals surface area contributed by atoms with Crippen LogP contribution in [-0.2, 0) is 16.1 Å². The van der Waals surface area contributed by atoms with Crippen LogP contribution < -0.4 is 0 Å². The Morgan fingerprint density at radius 1 is 1.00 bits per heavy atom. The third-order valence-electron chi connectivity index (χ3n) is 4.38. The second-order valence-corrected chi connectivity index (χ2v) is 7.57. The number of aryl methyl sites for hydroxylation is 1. The molecule has 0 unspecified atom stereocenters. The summed E-state index contributed by atoms with van der Waals surface area (Å²) in [7, 11) is 0. The number of hydrogen-bond donors (Lipinski definition) is 3. The van der Waals surface area contributed by atoms with E-state index >= 15 is 0 Å². The highest BCUT2D eigenvalue weighted by molar-refractivity contribution is 7.99. The summed E-state index contributed by atoms with van der Waals surface area (Å²) < 4.78 is 11.5. The predicted molar refractivity (Wildman–Crippen MR) is 99.8 cm³/mol. The maximum atomic E-state index is 10.7. The zero-order valence-corrected chi connectivity index (χ0v) is 15.4. The minimum atomic E-state index is -1.10. The number of rotatable bonds is 6. The van der Waals surface area contributed by atoms with Gasteiger partial charge in [-0.05, 0) is 24.6 Å². The molecule has 0 radical (unpaired) electrons. The molecule has 2 aromatic carbocycles. The molecule has 1 aliphatic heterocycles. The summed E-state index contributed by atoms with van der Waals surface area (Å²) >= 11 is 1.35. The molecule has 0 aliphatic carbocycles. The van der Waals surface area contributed by atoms with Gasteiger partial charge < -0.3 is 24.8 Å². The lowest BCUT2D eigenvalue weighted by Gasteiger charge is -2.41. The Hall–Kier alpha value is -1.41. The lowest BCUT2D eigenvalue weighted by Crippen LogP contribution is -2.58. The van der Waals surface area contributed by atoms with E-state index in [2.05, 4.69) is 0 Å². The first kappa shape index (κ1) is 19.4. The molecular weight excluding hydrogens is 352 g/mol. The van der Waals surface area contributed by atoms with E-state index in [1.165, 1.54) is 11.8 Å². The Morgan fingerprint density at radius 2 is 1.69 bits per heavy atom. The third-order valence-corrected chi connectivity index (χ3v) is 5.55. The molecule has 3 N–H and O–H groups in total. The molecule has 140 valence electrons. The maximum Gasteiger partial charge on any atom is 0.136 e. The van der Waals surface area contributed by atoms with Gasteiger partial charge in [0.05, 0.1) is 13.2 Å². The molecule has 0 amide bonds. The van der Waals surface area contributed by atoms with Gasteiger partial charge in [0, 0.05) is 4.90 Å². The summed E-state index contributed by atoms with van der Waals surface area (Å²) in [6, 6.07) is 17.4. The van der Waals surface area contributed by atoms with Crippen LogP contribution in [0.15, 0.2) is 59.5 Å². The second-order valence-electron chi connectivity index (χ2n) is 6.40.